The highest BCUT2D eigenvalue weighted by Crippen LogP contribution is 2.55. The molecule has 0 saturated carbocycles. The van der Waals surface area contributed by atoms with Crippen LogP contribution in [0.25, 0.3) is 0 Å². The van der Waals surface area contributed by atoms with Crippen molar-refractivity contribution in [2.75, 3.05) is 0 Å². The van der Waals surface area contributed by atoms with Gasteiger partial charge in [0.1, 0.15) is 0 Å². The summed E-state index contributed by atoms with van der Waals surface area (Å²) in [5.74, 6) is 0. The van der Waals surface area contributed by atoms with Gasteiger partial charge >= 0.3 is 7.60 Å². The minimum Gasteiger partial charge on any atom is -0.322 e. The van der Waals surface area contributed by atoms with Crippen LogP contribution in [-0.4, -0.2) is 10.2 Å². The molecule has 0 fully saturated rings. The van der Waals surface area contributed by atoms with Gasteiger partial charge in [-0.3, -0.25) is 4.57 Å². The van der Waals surface area contributed by atoms with Gasteiger partial charge in [-0.1, -0.05) is 30.3 Å². The second kappa shape index (κ2) is 4.03. The van der Waals surface area contributed by atoms with Crippen molar-refractivity contribution in [1.82, 2.24) is 0 Å². The van der Waals surface area contributed by atoms with Crippen LogP contribution in [-0.2, 0) is 9.24 Å². The van der Waals surface area contributed by atoms with Crippen LogP contribution in [0.5, 0.6) is 0 Å². The van der Waals surface area contributed by atoms with Gasteiger partial charge in [0.15, 0.2) is 0 Å². The van der Waals surface area contributed by atoms with Crippen LogP contribution in [0.3, 0.4) is 0 Å². The zero-order valence-corrected chi connectivity index (χ0v) is 8.02. The van der Waals surface area contributed by atoms with Crippen LogP contribution in [0.2, 0.25) is 0 Å². The summed E-state index contributed by atoms with van der Waals surface area (Å²) in [6.45, 7) is 1.52. The van der Waals surface area contributed by atoms with Gasteiger partial charge in [0, 0.05) is 0 Å². The van der Waals surface area contributed by atoms with Crippen molar-refractivity contribution in [1.29, 1.82) is 0 Å². The molecule has 0 spiro atoms. The summed E-state index contributed by atoms with van der Waals surface area (Å²) in [4.78, 5) is 9.13. The molecule has 0 amide bonds. The largest absolute Gasteiger partial charge is 0.362 e. The van der Waals surface area contributed by atoms with E-state index in [4.69, 9.17) is 10.2 Å². The Balaban J connectivity index is 2.92. The zero-order chi connectivity index (χ0) is 9.90. The highest BCUT2D eigenvalue weighted by Gasteiger charge is 2.29. The fourth-order valence-corrected chi connectivity index (χ4v) is 1.68. The topological polar surface area (TPSA) is 66.8 Å². The van der Waals surface area contributed by atoms with Crippen molar-refractivity contribution in [3.8, 4) is 0 Å². The summed E-state index contributed by atoms with van der Waals surface area (Å²) in [7, 11) is -3.93. The van der Waals surface area contributed by atoms with E-state index in [2.05, 4.69) is 4.67 Å². The molecule has 0 aliphatic rings. The predicted octanol–water partition coefficient (Wildman–Crippen LogP) is 2.42. The summed E-state index contributed by atoms with van der Waals surface area (Å²) < 4.78 is 14.7. The predicted molar refractivity (Wildman–Crippen MR) is 48.4 cm³/mol. The highest BCUT2D eigenvalue weighted by atomic mass is 31.2. The second-order valence-electron chi connectivity index (χ2n) is 2.73. The van der Waals surface area contributed by atoms with Gasteiger partial charge < -0.3 is 4.89 Å². The van der Waals surface area contributed by atoms with Gasteiger partial charge in [-0.2, -0.15) is 4.67 Å². The average Bonchev–Trinajstić information content (AvgIpc) is 2.18. The normalized spacial score (nSPS) is 17.8. The fraction of sp³-hybridized carbons (Fsp3) is 0.250. The third-order valence-corrected chi connectivity index (χ3v) is 3.40. The van der Waals surface area contributed by atoms with Gasteiger partial charge in [0.2, 0.25) is 0 Å². The summed E-state index contributed by atoms with van der Waals surface area (Å²) in [5, 5.41) is 8.21. The SMILES string of the molecule is CC(c1ccccc1)P(=O)(O)OO. The van der Waals surface area contributed by atoms with Gasteiger partial charge in [-0.15, -0.1) is 0 Å². The van der Waals surface area contributed by atoms with E-state index in [9.17, 15) is 4.57 Å². The fourth-order valence-electron chi connectivity index (χ4n) is 0.991. The molecule has 1 rings (SSSR count). The van der Waals surface area contributed by atoms with E-state index >= 15 is 0 Å². The third-order valence-electron chi connectivity index (χ3n) is 1.89. The number of hydrogen-bond donors (Lipinski definition) is 2. The molecule has 13 heavy (non-hydrogen) atoms. The maximum Gasteiger partial charge on any atom is 0.362 e. The number of hydrogen-bond acceptors (Lipinski definition) is 3. The van der Waals surface area contributed by atoms with Crippen LogP contribution >= 0.6 is 7.60 Å². The van der Waals surface area contributed by atoms with Gasteiger partial charge in [0.05, 0.1) is 5.66 Å². The highest BCUT2D eigenvalue weighted by molar-refractivity contribution is 7.53. The monoisotopic (exact) mass is 202 g/mol. The Morgan fingerprint density at radius 2 is 1.92 bits per heavy atom. The lowest BCUT2D eigenvalue weighted by molar-refractivity contribution is -0.147. The lowest BCUT2D eigenvalue weighted by Gasteiger charge is -2.15. The average molecular weight is 202 g/mol. The summed E-state index contributed by atoms with van der Waals surface area (Å²) >= 11 is 0. The molecule has 2 atom stereocenters. The first-order chi connectivity index (χ1) is 6.08. The molecule has 0 saturated heterocycles. The Kier molecular flexibility index (Phi) is 3.22. The second-order valence-corrected chi connectivity index (χ2v) is 4.80. The minimum absolute atomic E-state index is 0.655. The molecule has 0 bridgehead atoms. The molecule has 2 N–H and O–H groups in total. The van der Waals surface area contributed by atoms with Crippen LogP contribution < -0.4 is 0 Å². The van der Waals surface area contributed by atoms with Crippen LogP contribution in [0.4, 0.5) is 0 Å². The van der Waals surface area contributed by atoms with E-state index < -0.39 is 13.3 Å². The van der Waals surface area contributed by atoms with Crippen molar-refractivity contribution in [2.45, 2.75) is 12.6 Å². The van der Waals surface area contributed by atoms with Gasteiger partial charge in [-0.25, -0.2) is 5.26 Å². The van der Waals surface area contributed by atoms with Crippen molar-refractivity contribution >= 4 is 7.60 Å². The molecule has 4 nitrogen and oxygen atoms in total. The molecular formula is C8H11O4P. The van der Waals surface area contributed by atoms with Crippen molar-refractivity contribution in [3.63, 3.8) is 0 Å². The maximum absolute atomic E-state index is 11.2. The minimum atomic E-state index is -3.93. The molecule has 0 heterocycles. The van der Waals surface area contributed by atoms with Crippen LogP contribution in [0.1, 0.15) is 18.1 Å². The maximum atomic E-state index is 11.2. The van der Waals surface area contributed by atoms with E-state index in [0.29, 0.717) is 5.56 Å². The lowest BCUT2D eigenvalue weighted by Crippen LogP contribution is -1.96. The Bertz CT molecular complexity index is 311. The van der Waals surface area contributed by atoms with E-state index in [0.717, 1.165) is 0 Å². The summed E-state index contributed by atoms with van der Waals surface area (Å²) in [5.41, 5.74) is -0.0684. The van der Waals surface area contributed by atoms with Crippen molar-refractivity contribution in [2.24, 2.45) is 0 Å². The molecule has 0 aliphatic heterocycles. The molecule has 0 aliphatic carbocycles. The van der Waals surface area contributed by atoms with E-state index in [1.165, 1.54) is 6.92 Å². The molecule has 2 unspecified atom stereocenters. The standard InChI is InChI=1S/C8H11O4P/c1-7(13(10,11)12-9)8-5-3-2-4-6-8/h2-7,9H,1H3,(H,10,11). The van der Waals surface area contributed by atoms with Gasteiger partial charge in [0.25, 0.3) is 0 Å². The first-order valence-electron chi connectivity index (χ1n) is 3.78. The van der Waals surface area contributed by atoms with Crippen LogP contribution in [0.15, 0.2) is 30.3 Å². The Hall–Kier alpha value is -0.670. The Morgan fingerprint density at radius 1 is 1.38 bits per heavy atom. The molecule has 0 aromatic heterocycles. The Morgan fingerprint density at radius 3 is 2.38 bits per heavy atom. The summed E-state index contributed by atoms with van der Waals surface area (Å²) in [6.07, 6.45) is 0. The van der Waals surface area contributed by atoms with Gasteiger partial charge in [-0.05, 0) is 12.5 Å². The first-order valence-corrected chi connectivity index (χ1v) is 5.43. The van der Waals surface area contributed by atoms with Crippen molar-refractivity contribution in [3.05, 3.63) is 35.9 Å². The summed E-state index contributed by atoms with van der Waals surface area (Å²) in [6, 6.07) is 8.71. The number of rotatable bonds is 3. The van der Waals surface area contributed by atoms with Crippen LogP contribution in [0, 0.1) is 0 Å². The van der Waals surface area contributed by atoms with Crippen molar-refractivity contribution < 1.29 is 19.4 Å². The third kappa shape index (κ3) is 2.39. The number of benzene rings is 1. The molecule has 5 heteroatoms. The smallest absolute Gasteiger partial charge is 0.322 e. The van der Waals surface area contributed by atoms with E-state index in [-0.39, 0.29) is 0 Å². The molecule has 72 valence electrons. The Labute approximate surface area is 76.3 Å². The van der Waals surface area contributed by atoms with E-state index in [1.807, 2.05) is 0 Å². The molecule has 1 aromatic carbocycles. The quantitative estimate of drug-likeness (QED) is 0.448. The lowest BCUT2D eigenvalue weighted by atomic mass is 10.2. The molecular weight excluding hydrogens is 191 g/mol. The van der Waals surface area contributed by atoms with E-state index in [1.54, 1.807) is 30.3 Å². The first kappa shape index (κ1) is 10.4. The molecule has 0 radical (unpaired) electrons. The molecule has 1 aromatic rings. The zero-order valence-electron chi connectivity index (χ0n) is 7.12.